The predicted molar refractivity (Wildman–Crippen MR) is 60.5 cm³/mol. The standard InChI is InChI=1S/C12H15N3/c1-8-3-4-11(9(2)5-8)12(13)10-6-14-15-7-10/h3-7,12H,13H2,1-2H3,(H,14,15). The van der Waals surface area contributed by atoms with Gasteiger partial charge in [-0.3, -0.25) is 5.10 Å². The maximum atomic E-state index is 6.15. The van der Waals surface area contributed by atoms with Crippen molar-refractivity contribution in [3.63, 3.8) is 0 Å². The van der Waals surface area contributed by atoms with Crippen LogP contribution in [0.2, 0.25) is 0 Å². The molecule has 0 saturated carbocycles. The minimum absolute atomic E-state index is 0.0932. The quantitative estimate of drug-likeness (QED) is 0.781. The molecule has 0 aliphatic rings. The smallest absolute Gasteiger partial charge is 0.0585 e. The number of rotatable bonds is 2. The Morgan fingerprint density at radius 2 is 2.13 bits per heavy atom. The highest BCUT2D eigenvalue weighted by molar-refractivity contribution is 5.37. The van der Waals surface area contributed by atoms with E-state index in [1.54, 1.807) is 6.20 Å². The Morgan fingerprint density at radius 1 is 1.33 bits per heavy atom. The third kappa shape index (κ3) is 1.92. The van der Waals surface area contributed by atoms with E-state index in [1.807, 2.05) is 6.20 Å². The first-order chi connectivity index (χ1) is 7.18. The number of aromatic nitrogens is 2. The minimum Gasteiger partial charge on any atom is -0.320 e. The molecule has 0 aliphatic heterocycles. The molecule has 3 N–H and O–H groups in total. The van der Waals surface area contributed by atoms with E-state index in [4.69, 9.17) is 5.73 Å². The van der Waals surface area contributed by atoms with Crippen molar-refractivity contribution in [3.05, 3.63) is 52.8 Å². The molecule has 15 heavy (non-hydrogen) atoms. The topological polar surface area (TPSA) is 54.7 Å². The maximum Gasteiger partial charge on any atom is 0.0585 e. The molecule has 0 saturated heterocycles. The van der Waals surface area contributed by atoms with Crippen LogP contribution in [0.4, 0.5) is 0 Å². The molecule has 78 valence electrons. The molecule has 1 atom stereocenters. The van der Waals surface area contributed by atoms with Crippen LogP contribution in [0.3, 0.4) is 0 Å². The molecule has 0 spiro atoms. The van der Waals surface area contributed by atoms with Crippen LogP contribution in [-0.4, -0.2) is 10.2 Å². The molecular formula is C12H15N3. The van der Waals surface area contributed by atoms with Crippen molar-refractivity contribution < 1.29 is 0 Å². The average Bonchev–Trinajstić information content (AvgIpc) is 2.69. The summed E-state index contributed by atoms with van der Waals surface area (Å²) in [6, 6.07) is 6.23. The zero-order valence-corrected chi connectivity index (χ0v) is 8.99. The van der Waals surface area contributed by atoms with Gasteiger partial charge in [0.2, 0.25) is 0 Å². The van der Waals surface area contributed by atoms with Gasteiger partial charge >= 0.3 is 0 Å². The van der Waals surface area contributed by atoms with Crippen molar-refractivity contribution in [2.24, 2.45) is 5.73 Å². The van der Waals surface area contributed by atoms with E-state index in [1.165, 1.54) is 11.1 Å². The fraction of sp³-hybridized carbons (Fsp3) is 0.250. The van der Waals surface area contributed by atoms with Gasteiger partial charge in [-0.25, -0.2) is 0 Å². The first-order valence-electron chi connectivity index (χ1n) is 5.00. The Hall–Kier alpha value is -1.61. The number of nitrogens with zero attached hydrogens (tertiary/aromatic N) is 1. The molecule has 0 radical (unpaired) electrons. The molecule has 1 aromatic carbocycles. The fourth-order valence-electron chi connectivity index (χ4n) is 1.79. The summed E-state index contributed by atoms with van der Waals surface area (Å²) >= 11 is 0. The number of nitrogens with one attached hydrogen (secondary N) is 1. The monoisotopic (exact) mass is 201 g/mol. The van der Waals surface area contributed by atoms with E-state index in [2.05, 4.69) is 42.2 Å². The molecule has 3 nitrogen and oxygen atoms in total. The number of benzene rings is 1. The van der Waals surface area contributed by atoms with Crippen LogP contribution >= 0.6 is 0 Å². The van der Waals surface area contributed by atoms with E-state index in [9.17, 15) is 0 Å². The summed E-state index contributed by atoms with van der Waals surface area (Å²) in [5, 5.41) is 6.69. The Morgan fingerprint density at radius 3 is 2.73 bits per heavy atom. The second-order valence-corrected chi connectivity index (χ2v) is 3.87. The summed E-state index contributed by atoms with van der Waals surface area (Å²) in [5.74, 6) is 0. The van der Waals surface area contributed by atoms with Gasteiger partial charge in [-0.1, -0.05) is 23.8 Å². The number of hydrogen-bond donors (Lipinski definition) is 2. The lowest BCUT2D eigenvalue weighted by molar-refractivity contribution is 0.862. The molecule has 2 rings (SSSR count). The van der Waals surface area contributed by atoms with Crippen molar-refractivity contribution in [2.45, 2.75) is 19.9 Å². The van der Waals surface area contributed by atoms with Crippen molar-refractivity contribution in [2.75, 3.05) is 0 Å². The van der Waals surface area contributed by atoms with Crippen LogP contribution in [0.25, 0.3) is 0 Å². The van der Waals surface area contributed by atoms with Gasteiger partial charge in [0.15, 0.2) is 0 Å². The summed E-state index contributed by atoms with van der Waals surface area (Å²) in [7, 11) is 0. The third-order valence-corrected chi connectivity index (χ3v) is 2.64. The fourth-order valence-corrected chi connectivity index (χ4v) is 1.79. The highest BCUT2D eigenvalue weighted by Crippen LogP contribution is 2.22. The van der Waals surface area contributed by atoms with Crippen molar-refractivity contribution in [1.29, 1.82) is 0 Å². The van der Waals surface area contributed by atoms with Crippen LogP contribution < -0.4 is 5.73 Å². The summed E-state index contributed by atoms with van der Waals surface area (Å²) in [4.78, 5) is 0. The predicted octanol–water partition coefficient (Wildman–Crippen LogP) is 2.07. The number of H-pyrrole nitrogens is 1. The third-order valence-electron chi connectivity index (χ3n) is 2.64. The van der Waals surface area contributed by atoms with Crippen LogP contribution in [0, 0.1) is 13.8 Å². The minimum atomic E-state index is -0.0932. The normalized spacial score (nSPS) is 12.7. The Balaban J connectivity index is 2.38. The van der Waals surface area contributed by atoms with Gasteiger partial charge in [0.25, 0.3) is 0 Å². The molecule has 1 aromatic heterocycles. The Kier molecular flexibility index (Phi) is 2.56. The largest absolute Gasteiger partial charge is 0.320 e. The summed E-state index contributed by atoms with van der Waals surface area (Å²) in [5.41, 5.74) is 10.8. The maximum absolute atomic E-state index is 6.15. The first kappa shape index (κ1) is 9.93. The summed E-state index contributed by atoms with van der Waals surface area (Å²) in [6.07, 6.45) is 3.61. The highest BCUT2D eigenvalue weighted by atomic mass is 15.1. The number of aryl methyl sites for hydroxylation is 2. The molecular weight excluding hydrogens is 186 g/mol. The molecule has 0 fully saturated rings. The second-order valence-electron chi connectivity index (χ2n) is 3.87. The molecule has 1 unspecified atom stereocenters. The van der Waals surface area contributed by atoms with Gasteiger partial charge in [-0.2, -0.15) is 5.10 Å². The lowest BCUT2D eigenvalue weighted by Gasteiger charge is -2.13. The lowest BCUT2D eigenvalue weighted by atomic mass is 9.96. The first-order valence-corrected chi connectivity index (χ1v) is 5.00. The number of nitrogens with two attached hydrogens (primary N) is 1. The van der Waals surface area contributed by atoms with E-state index in [-0.39, 0.29) is 6.04 Å². The van der Waals surface area contributed by atoms with Crippen LogP contribution in [-0.2, 0) is 0 Å². The van der Waals surface area contributed by atoms with E-state index < -0.39 is 0 Å². The zero-order chi connectivity index (χ0) is 10.8. The molecule has 0 aliphatic carbocycles. The highest BCUT2D eigenvalue weighted by Gasteiger charge is 2.11. The van der Waals surface area contributed by atoms with Gasteiger partial charge in [0, 0.05) is 11.8 Å². The lowest BCUT2D eigenvalue weighted by Crippen LogP contribution is -2.12. The van der Waals surface area contributed by atoms with E-state index >= 15 is 0 Å². The second kappa shape index (κ2) is 3.87. The summed E-state index contributed by atoms with van der Waals surface area (Å²) in [6.45, 7) is 4.17. The average molecular weight is 201 g/mol. The molecule has 0 bridgehead atoms. The van der Waals surface area contributed by atoms with Gasteiger partial charge in [-0.05, 0) is 25.0 Å². The van der Waals surface area contributed by atoms with Gasteiger partial charge < -0.3 is 5.73 Å². The van der Waals surface area contributed by atoms with E-state index in [0.717, 1.165) is 11.1 Å². The summed E-state index contributed by atoms with van der Waals surface area (Å²) < 4.78 is 0. The van der Waals surface area contributed by atoms with Crippen molar-refractivity contribution in [1.82, 2.24) is 10.2 Å². The Labute approximate surface area is 89.3 Å². The van der Waals surface area contributed by atoms with Crippen LogP contribution in [0.1, 0.15) is 28.3 Å². The molecule has 0 amide bonds. The Bertz CT molecular complexity index is 446. The zero-order valence-electron chi connectivity index (χ0n) is 8.99. The van der Waals surface area contributed by atoms with Crippen LogP contribution in [0.15, 0.2) is 30.6 Å². The van der Waals surface area contributed by atoms with Gasteiger partial charge in [-0.15, -0.1) is 0 Å². The molecule has 3 heteroatoms. The number of aromatic amines is 1. The van der Waals surface area contributed by atoms with E-state index in [0.29, 0.717) is 0 Å². The van der Waals surface area contributed by atoms with Crippen molar-refractivity contribution in [3.8, 4) is 0 Å². The van der Waals surface area contributed by atoms with Gasteiger partial charge in [0.05, 0.1) is 12.2 Å². The van der Waals surface area contributed by atoms with Crippen LogP contribution in [0.5, 0.6) is 0 Å². The van der Waals surface area contributed by atoms with Gasteiger partial charge in [0.1, 0.15) is 0 Å². The SMILES string of the molecule is Cc1ccc(C(N)c2cn[nH]c2)c(C)c1. The van der Waals surface area contributed by atoms with Crippen molar-refractivity contribution >= 4 is 0 Å². The molecule has 2 aromatic rings. The number of hydrogen-bond acceptors (Lipinski definition) is 2. The molecule has 1 heterocycles.